The number of carbonyl (C=O) groups is 6. The fraction of sp³-hybridized carbons (Fsp3) is 0.419. The zero-order valence-electron chi connectivity index (χ0n) is 26.5. The van der Waals surface area contributed by atoms with Gasteiger partial charge in [0, 0.05) is 6.42 Å². The van der Waals surface area contributed by atoms with Crippen molar-refractivity contribution in [3.8, 4) is 5.75 Å². The molecule has 0 fully saturated rings. The fourth-order valence-corrected chi connectivity index (χ4v) is 3.98. The van der Waals surface area contributed by atoms with Crippen LogP contribution in [0.5, 0.6) is 5.75 Å². The number of nitrogens with one attached hydrogen (secondary N) is 4. The normalized spacial score (nSPS) is 13.4. The maximum atomic E-state index is 13.1. The van der Waals surface area contributed by atoms with Gasteiger partial charge in [-0.2, -0.15) is 13.2 Å². The van der Waals surface area contributed by atoms with Crippen molar-refractivity contribution in [3.05, 3.63) is 65.7 Å². The summed E-state index contributed by atoms with van der Waals surface area (Å²) in [6, 6.07) is 11.4. The van der Waals surface area contributed by atoms with Crippen LogP contribution < -0.4 is 32.7 Å². The number of primary amides is 1. The molecule has 0 radical (unpaired) electrons. The third kappa shape index (κ3) is 15.9. The minimum atomic E-state index is -5.08. The highest BCUT2D eigenvalue weighted by Crippen LogP contribution is 2.13. The number of benzene rings is 2. The first kappa shape index (κ1) is 40.8. The minimum absolute atomic E-state index is 0.0918. The number of carboxylic acid groups (broad SMARTS) is 1. The highest BCUT2D eigenvalue weighted by atomic mass is 19.4. The van der Waals surface area contributed by atoms with Gasteiger partial charge in [0.25, 0.3) is 0 Å². The first-order valence-corrected chi connectivity index (χ1v) is 14.6. The van der Waals surface area contributed by atoms with E-state index in [1.54, 1.807) is 36.4 Å². The predicted octanol–water partition coefficient (Wildman–Crippen LogP) is 0.260. The van der Waals surface area contributed by atoms with Crippen LogP contribution in [0.4, 0.5) is 13.2 Å². The van der Waals surface area contributed by atoms with Crippen LogP contribution in [-0.2, 0) is 41.6 Å². The largest absolute Gasteiger partial charge is 0.508 e. The molecule has 0 aromatic heterocycles. The summed E-state index contributed by atoms with van der Waals surface area (Å²) in [5, 5.41) is 26.7. The van der Waals surface area contributed by atoms with E-state index in [1.165, 1.54) is 19.1 Å². The number of phenolic OH excluding ortho intramolecular Hbond substituents is 1. The summed E-state index contributed by atoms with van der Waals surface area (Å²) >= 11 is 0. The second kappa shape index (κ2) is 19.5. The van der Waals surface area contributed by atoms with Crippen LogP contribution in [0.15, 0.2) is 54.6 Å². The number of hydrogen-bond acceptors (Lipinski definition) is 8. The van der Waals surface area contributed by atoms with Crippen LogP contribution in [0, 0.1) is 5.92 Å². The molecule has 17 heteroatoms. The van der Waals surface area contributed by atoms with Crippen LogP contribution in [0.1, 0.15) is 38.3 Å². The van der Waals surface area contributed by atoms with Gasteiger partial charge >= 0.3 is 12.1 Å². The van der Waals surface area contributed by atoms with Crippen molar-refractivity contribution < 1.29 is 52.2 Å². The van der Waals surface area contributed by atoms with Crippen molar-refractivity contribution in [2.24, 2.45) is 17.4 Å². The standard InChI is InChI=1S/C29H40N6O6.C2HF3O2/c1-17(2)13-23(26(31)38)35-29(41)24(15-19-7-5-4-6-8-19)34-25(37)16-32-27(39)18(3)33-28(40)22(30)14-20-9-11-21(36)12-10-20;3-2(4,5)1(6)7/h4-12,17-18,22-24,36H,13-16,30H2,1-3H3,(H2,31,38)(H,32,39)(H,33,40)(H,34,37)(H,35,41);(H,6,7)/t18-,22+,23+,24+;/m1./s1. The molecule has 2 aromatic rings. The van der Waals surface area contributed by atoms with Gasteiger partial charge in [-0.05, 0) is 48.9 Å². The lowest BCUT2D eigenvalue weighted by Gasteiger charge is -2.23. The number of phenols is 1. The van der Waals surface area contributed by atoms with E-state index in [0.717, 1.165) is 11.1 Å². The predicted molar refractivity (Wildman–Crippen MR) is 167 cm³/mol. The maximum Gasteiger partial charge on any atom is 0.490 e. The molecule has 2 rings (SSSR count). The third-order valence-electron chi connectivity index (χ3n) is 6.45. The molecule has 0 saturated heterocycles. The van der Waals surface area contributed by atoms with Crippen LogP contribution >= 0.6 is 0 Å². The number of aromatic hydroxyl groups is 1. The van der Waals surface area contributed by atoms with E-state index >= 15 is 0 Å². The van der Waals surface area contributed by atoms with Gasteiger partial charge in [0.1, 0.15) is 23.9 Å². The summed E-state index contributed by atoms with van der Waals surface area (Å²) in [7, 11) is 0. The number of nitrogens with two attached hydrogens (primary N) is 2. The third-order valence-corrected chi connectivity index (χ3v) is 6.45. The second-order valence-corrected chi connectivity index (χ2v) is 11.1. The Morgan fingerprint density at radius 1 is 0.771 bits per heavy atom. The van der Waals surface area contributed by atoms with E-state index in [0.29, 0.717) is 6.42 Å². The Bertz CT molecular complexity index is 1390. The Balaban J connectivity index is 0.00000148. The number of hydrogen-bond donors (Lipinski definition) is 8. The molecule has 0 spiro atoms. The van der Waals surface area contributed by atoms with Gasteiger partial charge in [-0.15, -0.1) is 0 Å². The summed E-state index contributed by atoms with van der Waals surface area (Å²) in [5.41, 5.74) is 12.9. The molecular formula is C31H41F3N6O8. The van der Waals surface area contributed by atoms with Crippen molar-refractivity contribution in [3.63, 3.8) is 0 Å². The highest BCUT2D eigenvalue weighted by molar-refractivity contribution is 5.94. The quantitative estimate of drug-likeness (QED) is 0.128. The monoisotopic (exact) mass is 682 g/mol. The molecule has 0 heterocycles. The number of amides is 5. The number of rotatable bonds is 15. The summed E-state index contributed by atoms with van der Waals surface area (Å²) in [5.74, 6) is -5.66. The molecule has 5 amide bonds. The summed E-state index contributed by atoms with van der Waals surface area (Å²) in [4.78, 5) is 71.5. The van der Waals surface area contributed by atoms with Crippen molar-refractivity contribution in [1.29, 1.82) is 0 Å². The molecule has 264 valence electrons. The lowest BCUT2D eigenvalue weighted by atomic mass is 10.0. The van der Waals surface area contributed by atoms with Crippen molar-refractivity contribution in [2.45, 2.75) is 70.4 Å². The highest BCUT2D eigenvalue weighted by Gasteiger charge is 2.38. The van der Waals surface area contributed by atoms with E-state index in [1.807, 2.05) is 19.9 Å². The van der Waals surface area contributed by atoms with E-state index in [-0.39, 0.29) is 24.5 Å². The smallest absolute Gasteiger partial charge is 0.490 e. The number of alkyl halides is 3. The first-order valence-electron chi connectivity index (χ1n) is 14.6. The molecule has 0 bridgehead atoms. The van der Waals surface area contributed by atoms with Gasteiger partial charge in [-0.3, -0.25) is 24.0 Å². The van der Waals surface area contributed by atoms with Crippen LogP contribution in [-0.4, -0.2) is 82.6 Å². The fourth-order valence-electron chi connectivity index (χ4n) is 3.98. The van der Waals surface area contributed by atoms with Crippen molar-refractivity contribution in [2.75, 3.05) is 6.54 Å². The van der Waals surface area contributed by atoms with Crippen LogP contribution in [0.3, 0.4) is 0 Å². The van der Waals surface area contributed by atoms with E-state index in [2.05, 4.69) is 21.3 Å². The molecule has 0 aliphatic carbocycles. The SMILES string of the molecule is CC(C)C[C@H](NC(=O)[C@H](Cc1ccccc1)NC(=O)CNC(=O)[C@@H](C)NC(=O)[C@@H](N)Cc1ccc(O)cc1)C(N)=O.O=C(O)C(F)(F)F. The molecule has 0 aliphatic rings. The molecule has 0 unspecified atom stereocenters. The Morgan fingerprint density at radius 3 is 1.81 bits per heavy atom. The van der Waals surface area contributed by atoms with E-state index < -0.39 is 72.4 Å². The minimum Gasteiger partial charge on any atom is -0.508 e. The zero-order valence-corrected chi connectivity index (χ0v) is 26.5. The average molecular weight is 683 g/mol. The van der Waals surface area contributed by atoms with E-state index in [9.17, 15) is 42.3 Å². The van der Waals surface area contributed by atoms with Crippen molar-refractivity contribution >= 4 is 35.5 Å². The molecule has 48 heavy (non-hydrogen) atoms. The summed E-state index contributed by atoms with van der Waals surface area (Å²) in [6.45, 7) is 4.77. The summed E-state index contributed by atoms with van der Waals surface area (Å²) in [6.07, 6.45) is -4.41. The lowest BCUT2D eigenvalue weighted by molar-refractivity contribution is -0.192. The Hall–Kier alpha value is -5.19. The maximum absolute atomic E-state index is 13.1. The van der Waals surface area contributed by atoms with Gasteiger partial charge in [0.15, 0.2) is 0 Å². The van der Waals surface area contributed by atoms with Gasteiger partial charge in [-0.1, -0.05) is 56.3 Å². The lowest BCUT2D eigenvalue weighted by Crippen LogP contribution is -2.56. The molecule has 2 aromatic carbocycles. The van der Waals surface area contributed by atoms with Crippen LogP contribution in [0.2, 0.25) is 0 Å². The Morgan fingerprint density at radius 2 is 1.31 bits per heavy atom. The number of carbonyl (C=O) groups excluding carboxylic acids is 5. The average Bonchev–Trinajstić information content (AvgIpc) is 3.00. The second-order valence-electron chi connectivity index (χ2n) is 11.1. The topological polar surface area (TPSA) is 243 Å². The molecule has 4 atom stereocenters. The number of aliphatic carboxylic acids is 1. The molecule has 0 saturated carbocycles. The zero-order chi connectivity index (χ0) is 36.6. The first-order chi connectivity index (χ1) is 22.3. The molecule has 14 nitrogen and oxygen atoms in total. The number of carboxylic acids is 1. The van der Waals surface area contributed by atoms with Gasteiger partial charge in [0.05, 0.1) is 12.6 Å². The van der Waals surface area contributed by atoms with Crippen LogP contribution in [0.25, 0.3) is 0 Å². The number of halogens is 3. The Kier molecular flexibility index (Phi) is 16.6. The van der Waals surface area contributed by atoms with Crippen molar-refractivity contribution in [1.82, 2.24) is 21.3 Å². The molecular weight excluding hydrogens is 641 g/mol. The van der Waals surface area contributed by atoms with Gasteiger partial charge in [-0.25, -0.2) is 4.79 Å². The Labute approximate surface area is 274 Å². The molecule has 10 N–H and O–H groups in total. The molecule has 0 aliphatic heterocycles. The summed E-state index contributed by atoms with van der Waals surface area (Å²) < 4.78 is 31.7. The van der Waals surface area contributed by atoms with E-state index in [4.69, 9.17) is 21.4 Å². The van der Waals surface area contributed by atoms with Gasteiger partial charge in [0.2, 0.25) is 29.5 Å². The van der Waals surface area contributed by atoms with Gasteiger partial charge < -0.3 is 42.9 Å².